The monoisotopic (exact) mass is 474 g/mol. The normalized spacial score (nSPS) is 10.8. The van der Waals surface area contributed by atoms with Gasteiger partial charge in [0.25, 0.3) is 0 Å². The van der Waals surface area contributed by atoms with Gasteiger partial charge in [-0.15, -0.1) is 0 Å². The molecule has 34 heavy (non-hydrogen) atoms. The van der Waals surface area contributed by atoms with Gasteiger partial charge in [0.2, 0.25) is 11.8 Å². The Kier molecular flexibility index (Phi) is 7.49. The number of carbonyl (C=O) groups excluding carboxylic acids is 2. The topological polar surface area (TPSA) is 85.2 Å². The summed E-state index contributed by atoms with van der Waals surface area (Å²) in [5.74, 6) is 0.618. The Morgan fingerprint density at radius 2 is 1.71 bits per heavy atom. The molecule has 2 N–H and O–H groups in total. The number of amides is 2. The molecule has 0 unspecified atom stereocenters. The minimum atomic E-state index is -0.155. The van der Waals surface area contributed by atoms with Crippen molar-refractivity contribution >= 4 is 40.3 Å². The van der Waals surface area contributed by atoms with Gasteiger partial charge in [0.1, 0.15) is 12.3 Å². The lowest BCUT2D eigenvalue weighted by atomic mass is 10.1. The van der Waals surface area contributed by atoms with Gasteiger partial charge in [0.05, 0.1) is 23.9 Å². The van der Waals surface area contributed by atoms with Gasteiger partial charge in [-0.25, -0.2) is 4.98 Å². The van der Waals surface area contributed by atoms with Crippen LogP contribution >= 0.6 is 11.8 Å². The molecule has 7 nitrogen and oxygen atoms in total. The van der Waals surface area contributed by atoms with E-state index in [1.165, 1.54) is 17.3 Å². The molecule has 4 rings (SSSR count). The highest BCUT2D eigenvalue weighted by molar-refractivity contribution is 7.99. The maximum atomic E-state index is 12.7. The van der Waals surface area contributed by atoms with E-state index in [0.717, 1.165) is 22.3 Å². The Labute approximate surface area is 202 Å². The number of carbonyl (C=O) groups is 2. The van der Waals surface area contributed by atoms with Gasteiger partial charge >= 0.3 is 0 Å². The molecule has 174 valence electrons. The molecule has 0 saturated carbocycles. The summed E-state index contributed by atoms with van der Waals surface area (Å²) >= 11 is 1.30. The van der Waals surface area contributed by atoms with Crippen molar-refractivity contribution in [3.05, 3.63) is 83.9 Å². The highest BCUT2D eigenvalue weighted by Gasteiger charge is 2.15. The number of methoxy groups -OCH3 is 1. The summed E-state index contributed by atoms with van der Waals surface area (Å²) in [6.07, 6.45) is 0. The first kappa shape index (κ1) is 23.4. The summed E-state index contributed by atoms with van der Waals surface area (Å²) in [5.41, 5.74) is 4.55. The number of para-hydroxylation sites is 2. The number of hydrogen-bond donors (Lipinski definition) is 2. The lowest BCUT2D eigenvalue weighted by Crippen LogP contribution is -2.27. The Balaban J connectivity index is 1.41. The SMILES string of the molecule is COc1ccc(NC(=O)CSc2nc3ccccc3n2CC(=O)NCc2ccc(C)cc2)cc1. The number of thioether (sulfide) groups is 1. The third-order valence-corrected chi connectivity index (χ3v) is 6.21. The van der Waals surface area contributed by atoms with E-state index in [1.807, 2.05) is 60.0 Å². The number of benzene rings is 3. The van der Waals surface area contributed by atoms with Gasteiger partial charge in [-0.1, -0.05) is 53.7 Å². The molecule has 0 aliphatic carbocycles. The lowest BCUT2D eigenvalue weighted by molar-refractivity contribution is -0.121. The molecule has 0 saturated heterocycles. The predicted molar refractivity (Wildman–Crippen MR) is 135 cm³/mol. The van der Waals surface area contributed by atoms with E-state index in [1.54, 1.807) is 31.4 Å². The van der Waals surface area contributed by atoms with Crippen LogP contribution in [0.1, 0.15) is 11.1 Å². The van der Waals surface area contributed by atoms with Gasteiger partial charge in [-0.05, 0) is 48.9 Å². The van der Waals surface area contributed by atoms with Crippen molar-refractivity contribution in [2.24, 2.45) is 0 Å². The molecule has 0 fully saturated rings. The molecule has 1 heterocycles. The summed E-state index contributed by atoms with van der Waals surface area (Å²) in [6.45, 7) is 2.61. The molecule has 0 atom stereocenters. The molecule has 3 aromatic carbocycles. The van der Waals surface area contributed by atoms with Crippen molar-refractivity contribution in [2.45, 2.75) is 25.2 Å². The van der Waals surface area contributed by atoms with Crippen molar-refractivity contribution in [1.82, 2.24) is 14.9 Å². The van der Waals surface area contributed by atoms with Crippen LogP contribution in [-0.4, -0.2) is 34.2 Å². The van der Waals surface area contributed by atoms with E-state index < -0.39 is 0 Å². The quantitative estimate of drug-likeness (QED) is 0.351. The van der Waals surface area contributed by atoms with Crippen LogP contribution in [-0.2, 0) is 22.7 Å². The lowest BCUT2D eigenvalue weighted by Gasteiger charge is -2.10. The number of imidazole rings is 1. The van der Waals surface area contributed by atoms with Crippen molar-refractivity contribution in [1.29, 1.82) is 0 Å². The first-order valence-corrected chi connectivity index (χ1v) is 11.8. The molecular weight excluding hydrogens is 448 g/mol. The fourth-order valence-corrected chi connectivity index (χ4v) is 4.24. The second-order valence-corrected chi connectivity index (χ2v) is 8.74. The van der Waals surface area contributed by atoms with Crippen LogP contribution < -0.4 is 15.4 Å². The summed E-state index contributed by atoms with van der Waals surface area (Å²) in [7, 11) is 1.60. The number of ether oxygens (including phenoxy) is 1. The number of aryl methyl sites for hydroxylation is 1. The maximum absolute atomic E-state index is 12.7. The van der Waals surface area contributed by atoms with E-state index in [2.05, 4.69) is 15.6 Å². The molecule has 0 bridgehead atoms. The van der Waals surface area contributed by atoms with E-state index in [9.17, 15) is 9.59 Å². The molecule has 0 spiro atoms. The van der Waals surface area contributed by atoms with E-state index in [-0.39, 0.29) is 24.1 Å². The van der Waals surface area contributed by atoms with Crippen molar-refractivity contribution in [3.8, 4) is 5.75 Å². The molecule has 0 aliphatic rings. The fraction of sp³-hybridized carbons (Fsp3) is 0.192. The Hall–Kier alpha value is -3.78. The van der Waals surface area contributed by atoms with Crippen LogP contribution in [0.15, 0.2) is 78.0 Å². The zero-order chi connectivity index (χ0) is 23.9. The molecule has 0 aliphatic heterocycles. The number of aromatic nitrogens is 2. The second-order valence-electron chi connectivity index (χ2n) is 7.80. The average Bonchev–Trinajstić information content (AvgIpc) is 3.20. The zero-order valence-corrected chi connectivity index (χ0v) is 19.9. The summed E-state index contributed by atoms with van der Waals surface area (Å²) in [4.78, 5) is 29.9. The first-order valence-electron chi connectivity index (χ1n) is 10.9. The summed E-state index contributed by atoms with van der Waals surface area (Å²) in [5, 5.41) is 6.46. The fourth-order valence-electron chi connectivity index (χ4n) is 3.42. The Morgan fingerprint density at radius 1 is 0.971 bits per heavy atom. The van der Waals surface area contributed by atoms with Gasteiger partial charge in [0.15, 0.2) is 5.16 Å². The number of nitrogens with one attached hydrogen (secondary N) is 2. The van der Waals surface area contributed by atoms with E-state index in [0.29, 0.717) is 17.4 Å². The predicted octanol–water partition coefficient (Wildman–Crippen LogP) is 4.40. The highest BCUT2D eigenvalue weighted by atomic mass is 32.2. The van der Waals surface area contributed by atoms with E-state index >= 15 is 0 Å². The zero-order valence-electron chi connectivity index (χ0n) is 19.1. The van der Waals surface area contributed by atoms with Crippen molar-refractivity contribution < 1.29 is 14.3 Å². The van der Waals surface area contributed by atoms with E-state index in [4.69, 9.17) is 4.74 Å². The second kappa shape index (κ2) is 10.9. The van der Waals surface area contributed by atoms with Crippen molar-refractivity contribution in [2.75, 3.05) is 18.2 Å². The number of fused-ring (bicyclic) bond motifs is 1. The van der Waals surface area contributed by atoms with Crippen molar-refractivity contribution in [3.63, 3.8) is 0 Å². The molecule has 4 aromatic rings. The number of rotatable bonds is 9. The average molecular weight is 475 g/mol. The third-order valence-electron chi connectivity index (χ3n) is 5.24. The standard InChI is InChI=1S/C26H26N4O3S/c1-18-7-9-19(10-8-18)15-27-24(31)16-30-23-6-4-3-5-22(23)29-26(30)34-17-25(32)28-20-11-13-21(33-2)14-12-20/h3-14H,15-17H2,1-2H3,(H,27,31)(H,28,32). The molecule has 8 heteroatoms. The number of nitrogens with zero attached hydrogens (tertiary/aromatic N) is 2. The van der Waals surface area contributed by atoms with Crippen LogP contribution in [0.4, 0.5) is 5.69 Å². The maximum Gasteiger partial charge on any atom is 0.240 e. The molecule has 2 amide bonds. The Bertz CT molecular complexity index is 1280. The van der Waals surface area contributed by atoms with Gasteiger partial charge in [-0.3, -0.25) is 9.59 Å². The van der Waals surface area contributed by atoms with Gasteiger partial charge < -0.3 is 19.9 Å². The highest BCUT2D eigenvalue weighted by Crippen LogP contribution is 2.24. The molecule has 1 aromatic heterocycles. The summed E-state index contributed by atoms with van der Waals surface area (Å²) in [6, 6.07) is 22.9. The van der Waals surface area contributed by atoms with Crippen LogP contribution in [0.3, 0.4) is 0 Å². The summed E-state index contributed by atoms with van der Waals surface area (Å²) < 4.78 is 6.99. The van der Waals surface area contributed by atoms with Crippen LogP contribution in [0.5, 0.6) is 5.75 Å². The van der Waals surface area contributed by atoms with Gasteiger partial charge in [-0.2, -0.15) is 0 Å². The Morgan fingerprint density at radius 3 is 2.44 bits per heavy atom. The molecular formula is C26H26N4O3S. The van der Waals surface area contributed by atoms with Crippen LogP contribution in [0.25, 0.3) is 11.0 Å². The molecule has 0 radical (unpaired) electrons. The van der Waals surface area contributed by atoms with Gasteiger partial charge in [0, 0.05) is 12.2 Å². The smallest absolute Gasteiger partial charge is 0.240 e. The first-order chi connectivity index (χ1) is 16.5. The number of hydrogen-bond acceptors (Lipinski definition) is 5. The largest absolute Gasteiger partial charge is 0.497 e. The minimum absolute atomic E-state index is 0.117. The van der Waals surface area contributed by atoms with Crippen LogP contribution in [0.2, 0.25) is 0 Å². The third kappa shape index (κ3) is 5.96. The minimum Gasteiger partial charge on any atom is -0.497 e. The number of anilines is 1. The van der Waals surface area contributed by atoms with Crippen LogP contribution in [0, 0.1) is 6.92 Å².